The highest BCUT2D eigenvalue weighted by Crippen LogP contribution is 2.37. The van der Waals surface area contributed by atoms with E-state index in [0.29, 0.717) is 0 Å². The Morgan fingerprint density at radius 2 is 1.90 bits per heavy atom. The second-order valence-corrected chi connectivity index (χ2v) is 6.42. The van der Waals surface area contributed by atoms with Crippen molar-refractivity contribution in [3.8, 4) is 0 Å². The van der Waals surface area contributed by atoms with Crippen LogP contribution < -0.4 is 0 Å². The maximum atomic E-state index is 5.96. The van der Waals surface area contributed by atoms with Crippen molar-refractivity contribution in [3.63, 3.8) is 0 Å². The lowest BCUT2D eigenvalue weighted by Gasteiger charge is -2.28. The van der Waals surface area contributed by atoms with Crippen LogP contribution in [0.25, 0.3) is 6.20 Å². The third-order valence-electron chi connectivity index (χ3n) is 3.41. The third kappa shape index (κ3) is 3.48. The molecule has 1 atom stereocenters. The number of hydrogen-bond acceptors (Lipinski definition) is 2. The van der Waals surface area contributed by atoms with Crippen LogP contribution >= 0.6 is 11.6 Å². The highest BCUT2D eigenvalue weighted by atomic mass is 35.5. The van der Waals surface area contributed by atoms with Crippen LogP contribution in [0, 0.1) is 5.41 Å². The molecule has 0 amide bonds. The topological polar surface area (TPSA) is 30.7 Å². The Bertz CT molecular complexity index is 577. The molecule has 0 aliphatic carbocycles. The summed E-state index contributed by atoms with van der Waals surface area (Å²) in [5.74, 6) is 0.288. The molecule has 4 heteroatoms. The van der Waals surface area contributed by atoms with Crippen LogP contribution in [0.4, 0.5) is 0 Å². The molecule has 2 rings (SSSR count). The van der Waals surface area contributed by atoms with E-state index in [-0.39, 0.29) is 11.3 Å². The minimum atomic E-state index is 0.0466. The Hall–Kier alpha value is -1.61. The molecule has 0 saturated carbocycles. The monoisotopic (exact) mass is 289 g/mol. The lowest BCUT2D eigenvalue weighted by Crippen LogP contribution is -2.16. The number of aromatic nitrogens is 3. The van der Waals surface area contributed by atoms with E-state index in [1.54, 1.807) is 17.3 Å². The summed E-state index contributed by atoms with van der Waals surface area (Å²) in [4.78, 5) is 3.99. The largest absolute Gasteiger partial charge is 0.228 e. The van der Waals surface area contributed by atoms with Gasteiger partial charge in [0, 0.05) is 17.1 Å². The summed E-state index contributed by atoms with van der Waals surface area (Å²) in [6, 6.07) is 8.02. The standard InChI is InChI=1S/C16H20ClN3/c1-12(13-5-7-14(17)8-6-13)15(16(2,3)4)9-20-11-18-10-19-20/h5-12H,1-4H3/b15-9+. The van der Waals surface area contributed by atoms with Gasteiger partial charge in [0.15, 0.2) is 0 Å². The highest BCUT2D eigenvalue weighted by Gasteiger charge is 2.24. The van der Waals surface area contributed by atoms with Crippen LogP contribution in [0.1, 0.15) is 39.2 Å². The maximum absolute atomic E-state index is 5.96. The molecule has 0 radical (unpaired) electrons. The van der Waals surface area contributed by atoms with Crippen LogP contribution in [0.15, 0.2) is 42.5 Å². The normalized spacial score (nSPS) is 14.3. The molecule has 0 spiro atoms. The summed E-state index contributed by atoms with van der Waals surface area (Å²) >= 11 is 5.96. The van der Waals surface area contributed by atoms with E-state index in [4.69, 9.17) is 11.6 Å². The molecule has 0 saturated heterocycles. The number of allylic oxidation sites excluding steroid dienone is 1. The fourth-order valence-electron chi connectivity index (χ4n) is 2.31. The van der Waals surface area contributed by atoms with Crippen LogP contribution in [0.3, 0.4) is 0 Å². The quantitative estimate of drug-likeness (QED) is 0.825. The zero-order valence-electron chi connectivity index (χ0n) is 12.3. The first-order valence-electron chi connectivity index (χ1n) is 6.69. The second-order valence-electron chi connectivity index (χ2n) is 5.98. The average molecular weight is 290 g/mol. The molecule has 2 aromatic rings. The lowest BCUT2D eigenvalue weighted by atomic mass is 9.77. The van der Waals surface area contributed by atoms with Crippen molar-refractivity contribution in [1.29, 1.82) is 0 Å². The van der Waals surface area contributed by atoms with E-state index in [1.807, 2.05) is 12.1 Å². The minimum Gasteiger partial charge on any atom is -0.228 e. The fourth-order valence-corrected chi connectivity index (χ4v) is 2.44. The maximum Gasteiger partial charge on any atom is 0.138 e. The van der Waals surface area contributed by atoms with Gasteiger partial charge >= 0.3 is 0 Å². The zero-order valence-corrected chi connectivity index (χ0v) is 13.1. The third-order valence-corrected chi connectivity index (χ3v) is 3.66. The van der Waals surface area contributed by atoms with Crippen LogP contribution in [0.5, 0.6) is 0 Å². The van der Waals surface area contributed by atoms with Crippen molar-refractivity contribution in [2.24, 2.45) is 5.41 Å². The Balaban J connectivity index is 2.39. The summed E-state index contributed by atoms with van der Waals surface area (Å²) < 4.78 is 1.76. The van der Waals surface area contributed by atoms with Gasteiger partial charge in [-0.15, -0.1) is 0 Å². The number of rotatable bonds is 3. The number of benzene rings is 1. The van der Waals surface area contributed by atoms with E-state index >= 15 is 0 Å². The molecule has 106 valence electrons. The number of halogens is 1. The van der Waals surface area contributed by atoms with Crippen LogP contribution in [0.2, 0.25) is 5.02 Å². The molecule has 0 N–H and O–H groups in total. The predicted octanol–water partition coefficient (Wildman–Crippen LogP) is 4.62. The Labute approximate surface area is 125 Å². The van der Waals surface area contributed by atoms with Gasteiger partial charge in [0.25, 0.3) is 0 Å². The number of nitrogens with zero attached hydrogens (tertiary/aromatic N) is 3. The lowest BCUT2D eigenvalue weighted by molar-refractivity contribution is 0.472. The summed E-state index contributed by atoms with van der Waals surface area (Å²) in [6.07, 6.45) is 5.32. The predicted molar refractivity (Wildman–Crippen MR) is 83.6 cm³/mol. The van der Waals surface area contributed by atoms with Gasteiger partial charge in [-0.3, -0.25) is 0 Å². The average Bonchev–Trinajstić information content (AvgIpc) is 2.87. The number of hydrogen-bond donors (Lipinski definition) is 0. The molecule has 3 nitrogen and oxygen atoms in total. The van der Waals surface area contributed by atoms with E-state index in [1.165, 1.54) is 11.1 Å². The molecule has 0 fully saturated rings. The molecule has 0 aliphatic heterocycles. The zero-order chi connectivity index (χ0) is 14.8. The molecular weight excluding hydrogens is 270 g/mol. The second kappa shape index (κ2) is 5.80. The summed E-state index contributed by atoms with van der Waals surface area (Å²) in [5.41, 5.74) is 2.59. The van der Waals surface area contributed by atoms with Gasteiger partial charge in [0.1, 0.15) is 12.7 Å². The first-order valence-corrected chi connectivity index (χ1v) is 7.07. The van der Waals surface area contributed by atoms with E-state index in [0.717, 1.165) is 5.02 Å². The Morgan fingerprint density at radius 1 is 1.25 bits per heavy atom. The molecule has 1 aromatic heterocycles. The van der Waals surface area contributed by atoms with Crippen molar-refractivity contribution in [1.82, 2.24) is 14.8 Å². The van der Waals surface area contributed by atoms with E-state index in [2.05, 4.69) is 56.1 Å². The van der Waals surface area contributed by atoms with Gasteiger partial charge in [-0.25, -0.2) is 9.67 Å². The molecular formula is C16H20ClN3. The molecule has 20 heavy (non-hydrogen) atoms. The smallest absolute Gasteiger partial charge is 0.138 e. The van der Waals surface area contributed by atoms with Crippen molar-refractivity contribution in [3.05, 3.63) is 53.1 Å². The van der Waals surface area contributed by atoms with E-state index < -0.39 is 0 Å². The Morgan fingerprint density at radius 3 is 2.40 bits per heavy atom. The highest BCUT2D eigenvalue weighted by molar-refractivity contribution is 6.30. The minimum absolute atomic E-state index is 0.0466. The van der Waals surface area contributed by atoms with Crippen molar-refractivity contribution >= 4 is 17.8 Å². The first kappa shape index (κ1) is 14.8. The van der Waals surface area contributed by atoms with E-state index in [9.17, 15) is 0 Å². The summed E-state index contributed by atoms with van der Waals surface area (Å²) in [6.45, 7) is 8.84. The summed E-state index contributed by atoms with van der Waals surface area (Å²) in [7, 11) is 0. The Kier molecular flexibility index (Phi) is 4.29. The molecule has 1 aromatic carbocycles. The van der Waals surface area contributed by atoms with Crippen LogP contribution in [-0.2, 0) is 0 Å². The van der Waals surface area contributed by atoms with Gasteiger partial charge in [0.2, 0.25) is 0 Å². The van der Waals surface area contributed by atoms with Gasteiger partial charge < -0.3 is 0 Å². The van der Waals surface area contributed by atoms with Gasteiger partial charge in [-0.05, 0) is 28.7 Å². The molecule has 0 aliphatic rings. The van der Waals surface area contributed by atoms with Crippen LogP contribution in [-0.4, -0.2) is 14.8 Å². The molecule has 1 unspecified atom stereocenters. The summed E-state index contributed by atoms with van der Waals surface area (Å²) in [5, 5.41) is 4.93. The first-order chi connectivity index (χ1) is 9.38. The fraction of sp³-hybridized carbons (Fsp3) is 0.375. The molecule has 0 bridgehead atoms. The van der Waals surface area contributed by atoms with Crippen molar-refractivity contribution < 1.29 is 0 Å². The van der Waals surface area contributed by atoms with Gasteiger partial charge in [0.05, 0.1) is 0 Å². The molecule has 1 heterocycles. The van der Waals surface area contributed by atoms with Crippen molar-refractivity contribution in [2.75, 3.05) is 0 Å². The van der Waals surface area contributed by atoms with Gasteiger partial charge in [-0.2, -0.15) is 5.10 Å². The SMILES string of the molecule is CC(/C(=C\n1cncn1)C(C)(C)C)c1ccc(Cl)cc1. The van der Waals surface area contributed by atoms with Gasteiger partial charge in [-0.1, -0.05) is 51.4 Å². The van der Waals surface area contributed by atoms with Crippen molar-refractivity contribution in [2.45, 2.75) is 33.6 Å².